The quantitative estimate of drug-likeness (QED) is 0.898. The summed E-state index contributed by atoms with van der Waals surface area (Å²) >= 11 is 0. The van der Waals surface area contributed by atoms with Gasteiger partial charge in [0, 0.05) is 12.1 Å². The smallest absolute Gasteiger partial charge is 0.321 e. The van der Waals surface area contributed by atoms with E-state index in [0.29, 0.717) is 6.54 Å². The predicted octanol–water partition coefficient (Wildman–Crippen LogP) is 2.44. The van der Waals surface area contributed by atoms with E-state index in [9.17, 15) is 9.59 Å². The molecule has 1 aromatic carbocycles. The molecule has 0 aliphatic rings. The number of carbonyl (C=O) groups is 2. The normalized spacial score (nSPS) is 12.9. The van der Waals surface area contributed by atoms with Gasteiger partial charge in [-0.3, -0.25) is 15.0 Å². The first-order chi connectivity index (χ1) is 10.1. The molecule has 0 aromatic heterocycles. The Kier molecular flexibility index (Phi) is 6.11. The molecule has 0 fully saturated rings. The number of nitrogens with zero attached hydrogens (tertiary/aromatic N) is 1. The molecule has 0 radical (unpaired) electrons. The number of benzene rings is 1. The first-order valence-electron chi connectivity index (χ1n) is 7.48. The van der Waals surface area contributed by atoms with Gasteiger partial charge in [-0.05, 0) is 52.8 Å². The molecule has 0 unspecified atom stereocenters. The van der Waals surface area contributed by atoms with Gasteiger partial charge in [0.25, 0.3) is 0 Å². The summed E-state index contributed by atoms with van der Waals surface area (Å²) in [5, 5.41) is 5.10. The van der Waals surface area contributed by atoms with E-state index in [1.54, 1.807) is 6.92 Å². The lowest BCUT2D eigenvalue weighted by molar-refractivity contribution is -0.124. The van der Waals surface area contributed by atoms with E-state index in [2.05, 4.69) is 10.6 Å². The molecule has 0 saturated heterocycles. The fraction of sp³-hybridized carbons (Fsp3) is 0.529. The largest absolute Gasteiger partial charge is 0.333 e. The van der Waals surface area contributed by atoms with E-state index in [0.717, 1.165) is 0 Å². The van der Waals surface area contributed by atoms with Crippen LogP contribution in [-0.2, 0) is 11.3 Å². The van der Waals surface area contributed by atoms with Crippen LogP contribution in [0.2, 0.25) is 0 Å². The molecule has 0 bridgehead atoms. The van der Waals surface area contributed by atoms with Crippen LogP contribution in [0.25, 0.3) is 0 Å². The van der Waals surface area contributed by atoms with Crippen molar-refractivity contribution in [3.63, 3.8) is 0 Å². The number of likely N-dealkylation sites (N-methyl/N-ethyl adjacent to an activating group) is 1. The monoisotopic (exact) mass is 305 g/mol. The highest BCUT2D eigenvalue weighted by Crippen LogP contribution is 2.11. The fourth-order valence-corrected chi connectivity index (χ4v) is 1.98. The van der Waals surface area contributed by atoms with Crippen LogP contribution in [0.1, 0.15) is 38.8 Å². The molecular formula is C17H27N3O2. The van der Waals surface area contributed by atoms with Crippen LogP contribution in [0.15, 0.2) is 24.3 Å². The average molecular weight is 305 g/mol. The predicted molar refractivity (Wildman–Crippen MR) is 88.5 cm³/mol. The molecule has 0 saturated carbocycles. The van der Waals surface area contributed by atoms with Gasteiger partial charge in [-0.15, -0.1) is 0 Å². The van der Waals surface area contributed by atoms with Crippen LogP contribution in [0.3, 0.4) is 0 Å². The van der Waals surface area contributed by atoms with Crippen molar-refractivity contribution >= 4 is 11.9 Å². The maximum absolute atomic E-state index is 12.1. The Hall–Kier alpha value is -1.88. The van der Waals surface area contributed by atoms with Crippen LogP contribution in [0.4, 0.5) is 4.79 Å². The molecule has 3 amide bonds. The zero-order valence-corrected chi connectivity index (χ0v) is 14.4. The number of imide groups is 1. The molecule has 1 rings (SSSR count). The summed E-state index contributed by atoms with van der Waals surface area (Å²) in [6.45, 7) is 10.1. The van der Waals surface area contributed by atoms with Crippen molar-refractivity contribution in [1.82, 2.24) is 15.5 Å². The third-order valence-corrected chi connectivity index (χ3v) is 3.45. The van der Waals surface area contributed by atoms with Crippen molar-refractivity contribution in [2.45, 2.75) is 52.7 Å². The molecule has 5 heteroatoms. The minimum Gasteiger partial charge on any atom is -0.333 e. The third kappa shape index (κ3) is 5.85. The lowest BCUT2D eigenvalue weighted by Crippen LogP contribution is -2.52. The number of nitrogens with one attached hydrogen (secondary N) is 2. The van der Waals surface area contributed by atoms with Gasteiger partial charge in [0.2, 0.25) is 5.91 Å². The first kappa shape index (κ1) is 18.2. The zero-order chi connectivity index (χ0) is 16.9. The van der Waals surface area contributed by atoms with Crippen LogP contribution >= 0.6 is 0 Å². The van der Waals surface area contributed by atoms with Crippen LogP contribution < -0.4 is 10.6 Å². The van der Waals surface area contributed by atoms with Gasteiger partial charge in [0.05, 0.1) is 6.04 Å². The van der Waals surface area contributed by atoms with Gasteiger partial charge in [-0.1, -0.05) is 24.3 Å². The Morgan fingerprint density at radius 2 is 1.82 bits per heavy atom. The number of urea groups is 1. The Balaban J connectivity index is 2.59. The summed E-state index contributed by atoms with van der Waals surface area (Å²) < 4.78 is 0. The SMILES string of the molecule is Cc1ccccc1CN(C)[C@@H](C)C(=O)NC(=O)NC(C)(C)C. The Bertz CT molecular complexity index is 535. The van der Waals surface area contributed by atoms with Crippen molar-refractivity contribution in [3.05, 3.63) is 35.4 Å². The third-order valence-electron chi connectivity index (χ3n) is 3.45. The van der Waals surface area contributed by atoms with Crippen molar-refractivity contribution in [1.29, 1.82) is 0 Å². The number of rotatable bonds is 4. The van der Waals surface area contributed by atoms with Crippen LogP contribution in [-0.4, -0.2) is 35.5 Å². The van der Waals surface area contributed by atoms with Gasteiger partial charge in [-0.2, -0.15) is 0 Å². The van der Waals surface area contributed by atoms with E-state index in [4.69, 9.17) is 0 Å². The van der Waals surface area contributed by atoms with Gasteiger partial charge >= 0.3 is 6.03 Å². The molecule has 0 aliphatic heterocycles. The second-order valence-corrected chi connectivity index (χ2v) is 6.71. The van der Waals surface area contributed by atoms with E-state index in [1.165, 1.54) is 11.1 Å². The molecule has 0 spiro atoms. The molecule has 5 nitrogen and oxygen atoms in total. The lowest BCUT2D eigenvalue weighted by Gasteiger charge is -2.25. The summed E-state index contributed by atoms with van der Waals surface area (Å²) in [5.74, 6) is -0.308. The minimum atomic E-state index is -0.464. The van der Waals surface area contributed by atoms with Crippen molar-refractivity contribution in [2.75, 3.05) is 7.05 Å². The molecule has 1 aromatic rings. The highest BCUT2D eigenvalue weighted by atomic mass is 16.2. The molecule has 1 atom stereocenters. The lowest BCUT2D eigenvalue weighted by atomic mass is 10.1. The number of hydrogen-bond donors (Lipinski definition) is 2. The highest BCUT2D eigenvalue weighted by Gasteiger charge is 2.22. The maximum Gasteiger partial charge on any atom is 0.321 e. The summed E-state index contributed by atoms with van der Waals surface area (Å²) in [4.78, 5) is 25.8. The average Bonchev–Trinajstić information content (AvgIpc) is 2.38. The van der Waals surface area contributed by atoms with Gasteiger partial charge in [0.1, 0.15) is 0 Å². The van der Waals surface area contributed by atoms with Gasteiger partial charge in [0.15, 0.2) is 0 Å². The number of aryl methyl sites for hydroxylation is 1. The van der Waals surface area contributed by atoms with Crippen molar-refractivity contribution in [3.8, 4) is 0 Å². The summed E-state index contributed by atoms with van der Waals surface area (Å²) in [5.41, 5.74) is 1.98. The van der Waals surface area contributed by atoms with Crippen LogP contribution in [0, 0.1) is 6.92 Å². The van der Waals surface area contributed by atoms with Crippen LogP contribution in [0.5, 0.6) is 0 Å². The molecule has 122 valence electrons. The summed E-state index contributed by atoms with van der Waals surface area (Å²) in [6.07, 6.45) is 0. The van der Waals surface area contributed by atoms with E-state index in [-0.39, 0.29) is 11.4 Å². The number of amides is 3. The van der Waals surface area contributed by atoms with E-state index >= 15 is 0 Å². The first-order valence-corrected chi connectivity index (χ1v) is 7.48. The Morgan fingerprint density at radius 3 is 2.36 bits per heavy atom. The number of hydrogen-bond acceptors (Lipinski definition) is 3. The summed E-state index contributed by atoms with van der Waals surface area (Å²) in [6, 6.07) is 7.20. The topological polar surface area (TPSA) is 61.4 Å². The standard InChI is InChI=1S/C17H27N3O2/c1-12-9-7-8-10-14(12)11-20(6)13(2)15(21)18-16(22)19-17(3,4)5/h7-10,13H,11H2,1-6H3,(H2,18,19,21,22)/t13-/m0/s1. The summed E-state index contributed by atoms with van der Waals surface area (Å²) in [7, 11) is 1.87. The second kappa shape index (κ2) is 7.40. The molecule has 22 heavy (non-hydrogen) atoms. The molecule has 0 aliphatic carbocycles. The molecular weight excluding hydrogens is 278 g/mol. The van der Waals surface area contributed by atoms with Gasteiger partial charge in [-0.25, -0.2) is 4.79 Å². The van der Waals surface area contributed by atoms with Crippen molar-refractivity contribution < 1.29 is 9.59 Å². The van der Waals surface area contributed by atoms with Gasteiger partial charge < -0.3 is 5.32 Å². The van der Waals surface area contributed by atoms with E-state index < -0.39 is 12.1 Å². The molecule has 0 heterocycles. The second-order valence-electron chi connectivity index (χ2n) is 6.71. The zero-order valence-electron chi connectivity index (χ0n) is 14.4. The highest BCUT2D eigenvalue weighted by molar-refractivity contribution is 5.97. The van der Waals surface area contributed by atoms with Crippen molar-refractivity contribution in [2.24, 2.45) is 0 Å². The number of carbonyl (C=O) groups excluding carboxylic acids is 2. The minimum absolute atomic E-state index is 0.308. The Labute approximate surface area is 133 Å². The fourth-order valence-electron chi connectivity index (χ4n) is 1.98. The van der Waals surface area contributed by atoms with E-state index in [1.807, 2.05) is 63.9 Å². The maximum atomic E-state index is 12.1. The molecule has 2 N–H and O–H groups in total. The Morgan fingerprint density at radius 1 is 1.23 bits per heavy atom.